The number of anilines is 1. The van der Waals surface area contributed by atoms with E-state index in [1.165, 1.54) is 12.1 Å². The highest BCUT2D eigenvalue weighted by atomic mass is 32.2. The number of sulfonamides is 1. The Morgan fingerprint density at radius 1 is 1.15 bits per heavy atom. The van der Waals surface area contributed by atoms with E-state index < -0.39 is 27.3 Å². The maximum Gasteiger partial charge on any atom is 0.271 e. The predicted octanol–water partition coefficient (Wildman–Crippen LogP) is 2.55. The van der Waals surface area contributed by atoms with Crippen molar-refractivity contribution in [3.05, 3.63) is 46.8 Å². The Kier molecular flexibility index (Phi) is 4.36. The summed E-state index contributed by atoms with van der Waals surface area (Å²) in [5.41, 5.74) is -0.670. The van der Waals surface area contributed by atoms with Crippen LogP contribution >= 0.6 is 11.3 Å². The topological polar surface area (TPSA) is 58.2 Å². The summed E-state index contributed by atoms with van der Waals surface area (Å²) in [7, 11) is -2.26. The van der Waals surface area contributed by atoms with Crippen LogP contribution in [0, 0.1) is 11.6 Å². The van der Waals surface area contributed by atoms with Crippen molar-refractivity contribution in [1.29, 1.82) is 0 Å². The van der Waals surface area contributed by atoms with Crippen LogP contribution in [0.25, 0.3) is 0 Å². The van der Waals surface area contributed by atoms with E-state index in [0.717, 1.165) is 28.3 Å². The molecule has 0 aliphatic rings. The number of benzene rings is 1. The summed E-state index contributed by atoms with van der Waals surface area (Å²) in [6, 6.07) is 6.19. The van der Waals surface area contributed by atoms with E-state index in [4.69, 9.17) is 0 Å². The van der Waals surface area contributed by atoms with Crippen LogP contribution < -0.4 is 10.0 Å². The Labute approximate surface area is 119 Å². The van der Waals surface area contributed by atoms with E-state index in [2.05, 4.69) is 5.32 Å². The third-order valence-corrected chi connectivity index (χ3v) is 5.38. The molecule has 0 amide bonds. The molecule has 1 heterocycles. The molecule has 108 valence electrons. The standard InChI is InChI=1S/C12H12F2N2O2S2/c1-15-7-8-5-6-11(19-8)20(17,18)16-12-9(13)3-2-4-10(12)14/h2-6,15-16H,7H2,1H3. The second kappa shape index (κ2) is 5.86. The highest BCUT2D eigenvalue weighted by Crippen LogP contribution is 2.26. The lowest BCUT2D eigenvalue weighted by molar-refractivity contribution is 0.583. The molecule has 2 rings (SSSR count). The molecule has 1 aromatic heterocycles. The van der Waals surface area contributed by atoms with Crippen molar-refractivity contribution >= 4 is 27.0 Å². The number of hydrogen-bond donors (Lipinski definition) is 2. The molecule has 20 heavy (non-hydrogen) atoms. The van der Waals surface area contributed by atoms with Crippen molar-refractivity contribution in [2.75, 3.05) is 11.8 Å². The van der Waals surface area contributed by atoms with Crippen molar-refractivity contribution in [3.63, 3.8) is 0 Å². The summed E-state index contributed by atoms with van der Waals surface area (Å²) in [4.78, 5) is 0.807. The Hall–Kier alpha value is -1.51. The minimum absolute atomic E-state index is 0.00500. The Morgan fingerprint density at radius 2 is 1.80 bits per heavy atom. The van der Waals surface area contributed by atoms with E-state index >= 15 is 0 Å². The molecule has 0 fully saturated rings. The molecule has 2 N–H and O–H groups in total. The Bertz CT molecular complexity index is 694. The molecule has 0 radical (unpaired) electrons. The summed E-state index contributed by atoms with van der Waals surface area (Å²) in [6.07, 6.45) is 0. The van der Waals surface area contributed by atoms with Crippen LogP contribution in [0.4, 0.5) is 14.5 Å². The zero-order valence-electron chi connectivity index (χ0n) is 10.5. The first-order valence-electron chi connectivity index (χ1n) is 5.64. The van der Waals surface area contributed by atoms with E-state index in [0.29, 0.717) is 6.54 Å². The molecule has 0 unspecified atom stereocenters. The number of para-hydroxylation sites is 1. The van der Waals surface area contributed by atoms with Gasteiger partial charge in [0.2, 0.25) is 0 Å². The first-order valence-corrected chi connectivity index (χ1v) is 7.94. The number of hydrogen-bond acceptors (Lipinski definition) is 4. The molecule has 1 aromatic carbocycles. The Morgan fingerprint density at radius 3 is 2.40 bits per heavy atom. The molecular formula is C12H12F2N2O2S2. The van der Waals surface area contributed by atoms with Gasteiger partial charge in [0.15, 0.2) is 0 Å². The van der Waals surface area contributed by atoms with Gasteiger partial charge in [0, 0.05) is 11.4 Å². The van der Waals surface area contributed by atoms with Crippen LogP contribution in [0.3, 0.4) is 0 Å². The van der Waals surface area contributed by atoms with E-state index in [-0.39, 0.29) is 4.21 Å². The molecule has 0 spiro atoms. The number of nitrogens with one attached hydrogen (secondary N) is 2. The summed E-state index contributed by atoms with van der Waals surface area (Å²) in [5.74, 6) is -1.92. The van der Waals surface area contributed by atoms with Gasteiger partial charge in [-0.15, -0.1) is 11.3 Å². The van der Waals surface area contributed by atoms with Gasteiger partial charge >= 0.3 is 0 Å². The summed E-state index contributed by atoms with van der Waals surface area (Å²) in [5, 5.41) is 2.89. The van der Waals surface area contributed by atoms with Gasteiger partial charge < -0.3 is 5.32 Å². The van der Waals surface area contributed by atoms with Crippen LogP contribution in [0.2, 0.25) is 0 Å². The average molecular weight is 318 g/mol. The molecule has 8 heteroatoms. The monoisotopic (exact) mass is 318 g/mol. The van der Waals surface area contributed by atoms with Gasteiger partial charge in [-0.1, -0.05) is 6.07 Å². The lowest BCUT2D eigenvalue weighted by Gasteiger charge is -2.08. The largest absolute Gasteiger partial charge is 0.315 e. The predicted molar refractivity (Wildman–Crippen MR) is 74.2 cm³/mol. The highest BCUT2D eigenvalue weighted by Gasteiger charge is 2.20. The van der Waals surface area contributed by atoms with Crippen LogP contribution in [-0.2, 0) is 16.6 Å². The van der Waals surface area contributed by atoms with Gasteiger partial charge in [0.1, 0.15) is 21.5 Å². The number of thiophene rings is 1. The van der Waals surface area contributed by atoms with E-state index in [1.807, 2.05) is 4.72 Å². The molecule has 2 aromatic rings. The van der Waals surface area contributed by atoms with Crippen molar-refractivity contribution in [3.8, 4) is 0 Å². The van der Waals surface area contributed by atoms with E-state index in [9.17, 15) is 17.2 Å². The van der Waals surface area contributed by atoms with Gasteiger partial charge in [-0.3, -0.25) is 4.72 Å². The third kappa shape index (κ3) is 3.14. The third-order valence-electron chi connectivity index (χ3n) is 2.45. The average Bonchev–Trinajstić information content (AvgIpc) is 2.84. The molecule has 4 nitrogen and oxygen atoms in total. The van der Waals surface area contributed by atoms with Crippen molar-refractivity contribution in [2.45, 2.75) is 10.8 Å². The maximum absolute atomic E-state index is 13.4. The zero-order valence-corrected chi connectivity index (χ0v) is 12.1. The fourth-order valence-corrected chi connectivity index (χ4v) is 4.00. The normalized spacial score (nSPS) is 11.6. The fourth-order valence-electron chi connectivity index (χ4n) is 1.55. The summed E-state index contributed by atoms with van der Waals surface area (Å²) >= 11 is 1.04. The lowest BCUT2D eigenvalue weighted by atomic mass is 10.3. The second-order valence-corrected chi connectivity index (χ2v) is 7.03. The second-order valence-electron chi connectivity index (χ2n) is 3.95. The zero-order chi connectivity index (χ0) is 14.8. The van der Waals surface area contributed by atoms with Crippen LogP contribution in [-0.4, -0.2) is 15.5 Å². The first-order chi connectivity index (χ1) is 9.44. The maximum atomic E-state index is 13.4. The first kappa shape index (κ1) is 14.9. The van der Waals surface area contributed by atoms with Crippen molar-refractivity contribution in [2.24, 2.45) is 0 Å². The van der Waals surface area contributed by atoms with Gasteiger partial charge in [0.25, 0.3) is 10.0 Å². The minimum Gasteiger partial charge on any atom is -0.315 e. The molecule has 0 saturated heterocycles. The minimum atomic E-state index is -4.00. The quantitative estimate of drug-likeness (QED) is 0.891. The molecule has 0 aliphatic carbocycles. The highest BCUT2D eigenvalue weighted by molar-refractivity contribution is 7.94. The number of halogens is 2. The molecule has 0 bridgehead atoms. The number of rotatable bonds is 5. The van der Waals surface area contributed by atoms with Crippen LogP contribution in [0.5, 0.6) is 0 Å². The smallest absolute Gasteiger partial charge is 0.271 e. The van der Waals surface area contributed by atoms with Crippen LogP contribution in [0.15, 0.2) is 34.5 Å². The Balaban J connectivity index is 2.31. The molecule has 0 saturated carbocycles. The van der Waals surface area contributed by atoms with Crippen LogP contribution in [0.1, 0.15) is 4.88 Å². The molecule has 0 atom stereocenters. The molecular weight excluding hydrogens is 306 g/mol. The molecule has 0 aliphatic heterocycles. The van der Waals surface area contributed by atoms with Crippen molar-refractivity contribution in [1.82, 2.24) is 5.32 Å². The fraction of sp³-hybridized carbons (Fsp3) is 0.167. The van der Waals surface area contributed by atoms with Gasteiger partial charge in [-0.05, 0) is 31.3 Å². The van der Waals surface area contributed by atoms with Gasteiger partial charge in [-0.2, -0.15) is 0 Å². The SMILES string of the molecule is CNCc1ccc(S(=O)(=O)Nc2c(F)cccc2F)s1. The van der Waals surface area contributed by atoms with Gasteiger partial charge in [0.05, 0.1) is 0 Å². The lowest BCUT2D eigenvalue weighted by Crippen LogP contribution is -2.14. The summed E-state index contributed by atoms with van der Waals surface area (Å²) in [6.45, 7) is 0.522. The van der Waals surface area contributed by atoms with E-state index in [1.54, 1.807) is 13.1 Å². The van der Waals surface area contributed by atoms with Crippen molar-refractivity contribution < 1.29 is 17.2 Å². The summed E-state index contributed by atoms with van der Waals surface area (Å²) < 4.78 is 53.0. The van der Waals surface area contributed by atoms with Gasteiger partial charge in [-0.25, -0.2) is 17.2 Å².